The molecular formula is C16H24BrCl. The van der Waals surface area contributed by atoms with Crippen molar-refractivity contribution >= 4 is 27.5 Å². The number of hydrogen-bond acceptors (Lipinski definition) is 0. The molecule has 0 aliphatic carbocycles. The van der Waals surface area contributed by atoms with Crippen LogP contribution in [0.3, 0.4) is 0 Å². The normalized spacial score (nSPS) is 14.4. The first-order chi connectivity index (χ1) is 8.71. The quantitative estimate of drug-likeness (QED) is 0.485. The SMILES string of the molecule is CCCCC(CC)CC(CCl)c1cccc(Br)c1. The van der Waals surface area contributed by atoms with Crippen molar-refractivity contribution in [3.63, 3.8) is 0 Å². The van der Waals surface area contributed by atoms with Crippen molar-refractivity contribution in [1.82, 2.24) is 0 Å². The molecule has 2 unspecified atom stereocenters. The standard InChI is InChI=1S/C16H24BrCl/c1-3-5-7-13(4-2)10-15(12-18)14-8-6-9-16(17)11-14/h6,8-9,11,13,15H,3-5,7,10,12H2,1-2H3. The van der Waals surface area contributed by atoms with Crippen LogP contribution in [0.2, 0.25) is 0 Å². The van der Waals surface area contributed by atoms with Crippen LogP contribution in [0.15, 0.2) is 28.7 Å². The third-order valence-electron chi connectivity index (χ3n) is 3.67. The van der Waals surface area contributed by atoms with Gasteiger partial charge in [-0.1, -0.05) is 67.6 Å². The van der Waals surface area contributed by atoms with E-state index in [-0.39, 0.29) is 0 Å². The van der Waals surface area contributed by atoms with E-state index >= 15 is 0 Å². The number of halogens is 2. The van der Waals surface area contributed by atoms with Crippen LogP contribution in [0.1, 0.15) is 57.4 Å². The van der Waals surface area contributed by atoms with Crippen LogP contribution in [0.5, 0.6) is 0 Å². The average Bonchev–Trinajstić information content (AvgIpc) is 2.39. The van der Waals surface area contributed by atoms with Gasteiger partial charge < -0.3 is 0 Å². The molecule has 0 saturated heterocycles. The number of alkyl halides is 1. The Morgan fingerprint density at radius 2 is 2.06 bits per heavy atom. The van der Waals surface area contributed by atoms with Crippen LogP contribution in [0, 0.1) is 5.92 Å². The number of benzene rings is 1. The van der Waals surface area contributed by atoms with Crippen molar-refractivity contribution in [2.75, 3.05) is 5.88 Å². The van der Waals surface area contributed by atoms with Crippen LogP contribution in [0.4, 0.5) is 0 Å². The molecule has 1 aromatic rings. The van der Waals surface area contributed by atoms with Gasteiger partial charge in [0.05, 0.1) is 0 Å². The maximum atomic E-state index is 6.17. The molecule has 0 nitrogen and oxygen atoms in total. The summed E-state index contributed by atoms with van der Waals surface area (Å²) in [5.41, 5.74) is 1.37. The van der Waals surface area contributed by atoms with Crippen molar-refractivity contribution in [3.8, 4) is 0 Å². The zero-order chi connectivity index (χ0) is 13.4. The first kappa shape index (κ1) is 16.0. The molecule has 2 heteroatoms. The van der Waals surface area contributed by atoms with Gasteiger partial charge in [0.2, 0.25) is 0 Å². The molecule has 0 N–H and O–H groups in total. The Morgan fingerprint density at radius 1 is 1.28 bits per heavy atom. The topological polar surface area (TPSA) is 0 Å². The Balaban J connectivity index is 2.65. The van der Waals surface area contributed by atoms with Gasteiger partial charge in [0.15, 0.2) is 0 Å². The van der Waals surface area contributed by atoms with Crippen molar-refractivity contribution < 1.29 is 0 Å². The van der Waals surface area contributed by atoms with Gasteiger partial charge in [0.1, 0.15) is 0 Å². The number of rotatable bonds is 8. The summed E-state index contributed by atoms with van der Waals surface area (Å²) in [6.07, 6.45) is 6.46. The molecule has 0 aliphatic rings. The van der Waals surface area contributed by atoms with Crippen molar-refractivity contribution in [2.45, 2.75) is 51.9 Å². The van der Waals surface area contributed by atoms with Crippen LogP contribution in [-0.2, 0) is 0 Å². The highest BCUT2D eigenvalue weighted by atomic mass is 79.9. The largest absolute Gasteiger partial charge is 0.126 e. The van der Waals surface area contributed by atoms with Gasteiger partial charge in [-0.3, -0.25) is 0 Å². The Kier molecular flexibility index (Phi) is 8.01. The molecular weight excluding hydrogens is 308 g/mol. The first-order valence-electron chi connectivity index (χ1n) is 7.02. The lowest BCUT2D eigenvalue weighted by Gasteiger charge is -2.21. The third-order valence-corrected chi connectivity index (χ3v) is 4.53. The molecule has 2 atom stereocenters. The summed E-state index contributed by atoms with van der Waals surface area (Å²) in [7, 11) is 0. The van der Waals surface area contributed by atoms with Crippen LogP contribution in [0.25, 0.3) is 0 Å². The average molecular weight is 332 g/mol. The Hall–Kier alpha value is -0.0100. The van der Waals surface area contributed by atoms with Gasteiger partial charge in [-0.15, -0.1) is 11.6 Å². The van der Waals surface area contributed by atoms with Gasteiger partial charge in [-0.05, 0) is 36.0 Å². The lowest BCUT2D eigenvalue weighted by Crippen LogP contribution is -2.09. The van der Waals surface area contributed by atoms with Gasteiger partial charge in [-0.2, -0.15) is 0 Å². The molecule has 0 saturated carbocycles. The zero-order valence-corrected chi connectivity index (χ0v) is 13.8. The highest BCUT2D eigenvalue weighted by Crippen LogP contribution is 2.30. The molecule has 0 aliphatic heterocycles. The monoisotopic (exact) mass is 330 g/mol. The highest BCUT2D eigenvalue weighted by molar-refractivity contribution is 9.10. The summed E-state index contributed by atoms with van der Waals surface area (Å²) >= 11 is 9.72. The van der Waals surface area contributed by atoms with E-state index in [1.165, 1.54) is 37.7 Å². The lowest BCUT2D eigenvalue weighted by molar-refractivity contribution is 0.396. The van der Waals surface area contributed by atoms with Gasteiger partial charge in [0.25, 0.3) is 0 Å². The molecule has 1 aromatic carbocycles. The number of unbranched alkanes of at least 4 members (excludes halogenated alkanes) is 1. The van der Waals surface area contributed by atoms with E-state index in [1.54, 1.807) is 0 Å². The van der Waals surface area contributed by atoms with E-state index in [1.807, 2.05) is 0 Å². The maximum absolute atomic E-state index is 6.17. The summed E-state index contributed by atoms with van der Waals surface area (Å²) in [6, 6.07) is 8.58. The Labute approximate surface area is 125 Å². The minimum atomic E-state index is 0.492. The predicted molar refractivity (Wildman–Crippen MR) is 85.5 cm³/mol. The molecule has 0 spiro atoms. The van der Waals surface area contributed by atoms with E-state index < -0.39 is 0 Å². The molecule has 0 amide bonds. The first-order valence-corrected chi connectivity index (χ1v) is 8.35. The molecule has 0 fully saturated rings. The molecule has 0 aromatic heterocycles. The highest BCUT2D eigenvalue weighted by Gasteiger charge is 2.16. The Morgan fingerprint density at radius 3 is 2.61 bits per heavy atom. The van der Waals surface area contributed by atoms with Gasteiger partial charge >= 0.3 is 0 Å². The van der Waals surface area contributed by atoms with Crippen LogP contribution in [-0.4, -0.2) is 5.88 Å². The molecule has 0 heterocycles. The van der Waals surface area contributed by atoms with E-state index in [4.69, 9.17) is 11.6 Å². The zero-order valence-electron chi connectivity index (χ0n) is 11.5. The second kappa shape index (κ2) is 8.98. The summed E-state index contributed by atoms with van der Waals surface area (Å²) in [6.45, 7) is 4.56. The van der Waals surface area contributed by atoms with Crippen molar-refractivity contribution in [3.05, 3.63) is 34.3 Å². The summed E-state index contributed by atoms with van der Waals surface area (Å²) in [4.78, 5) is 0. The van der Waals surface area contributed by atoms with E-state index in [0.29, 0.717) is 5.92 Å². The van der Waals surface area contributed by atoms with Crippen LogP contribution >= 0.6 is 27.5 Å². The number of hydrogen-bond donors (Lipinski definition) is 0. The fourth-order valence-corrected chi connectivity index (χ4v) is 3.15. The van der Waals surface area contributed by atoms with Crippen LogP contribution < -0.4 is 0 Å². The van der Waals surface area contributed by atoms with E-state index in [9.17, 15) is 0 Å². The molecule has 0 bridgehead atoms. The Bertz CT molecular complexity index is 338. The molecule has 0 radical (unpaired) electrons. The predicted octanol–water partition coefficient (Wildman–Crippen LogP) is 6.38. The molecule has 1 rings (SSSR count). The molecule has 102 valence electrons. The minimum absolute atomic E-state index is 0.492. The van der Waals surface area contributed by atoms with Gasteiger partial charge in [0, 0.05) is 10.4 Å². The fraction of sp³-hybridized carbons (Fsp3) is 0.625. The summed E-state index contributed by atoms with van der Waals surface area (Å²) in [5, 5.41) is 0. The second-order valence-corrected chi connectivity index (χ2v) is 6.28. The van der Waals surface area contributed by atoms with Crippen molar-refractivity contribution in [1.29, 1.82) is 0 Å². The minimum Gasteiger partial charge on any atom is -0.126 e. The smallest absolute Gasteiger partial charge is 0.0292 e. The van der Waals surface area contributed by atoms with E-state index in [0.717, 1.165) is 16.3 Å². The fourth-order valence-electron chi connectivity index (χ4n) is 2.43. The summed E-state index contributed by atoms with van der Waals surface area (Å²) < 4.78 is 1.15. The second-order valence-electron chi connectivity index (χ2n) is 5.06. The third kappa shape index (κ3) is 5.32. The molecule has 18 heavy (non-hydrogen) atoms. The van der Waals surface area contributed by atoms with Crippen molar-refractivity contribution in [2.24, 2.45) is 5.92 Å². The lowest BCUT2D eigenvalue weighted by atomic mass is 9.86. The van der Waals surface area contributed by atoms with E-state index in [2.05, 4.69) is 54.0 Å². The maximum Gasteiger partial charge on any atom is 0.0292 e. The van der Waals surface area contributed by atoms with Gasteiger partial charge in [-0.25, -0.2) is 0 Å². The summed E-state index contributed by atoms with van der Waals surface area (Å²) in [5.74, 6) is 2.03.